The van der Waals surface area contributed by atoms with Crippen LogP contribution in [0, 0.1) is 13.8 Å². The molecule has 1 saturated carbocycles. The van der Waals surface area contributed by atoms with Crippen molar-refractivity contribution >= 4 is 11.9 Å². The summed E-state index contributed by atoms with van der Waals surface area (Å²) in [7, 11) is 0. The molecule has 0 saturated heterocycles. The van der Waals surface area contributed by atoms with Crippen LogP contribution in [-0.4, -0.2) is 38.3 Å². The largest absolute Gasteiger partial charge is 0.501 e. The molecule has 27 heavy (non-hydrogen) atoms. The van der Waals surface area contributed by atoms with E-state index in [1.807, 2.05) is 26.8 Å². The van der Waals surface area contributed by atoms with Crippen LogP contribution in [-0.2, 0) is 4.74 Å². The number of rotatable bonds is 6. The second-order valence-electron chi connectivity index (χ2n) is 6.85. The average Bonchev–Trinajstić information content (AvgIpc) is 2.95. The van der Waals surface area contributed by atoms with Gasteiger partial charge in [0.25, 0.3) is 5.95 Å². The van der Waals surface area contributed by atoms with Crippen molar-refractivity contribution in [3.8, 4) is 5.95 Å². The lowest BCUT2D eigenvalue weighted by atomic mass is 9.92. The van der Waals surface area contributed by atoms with Crippen LogP contribution in [0.2, 0.25) is 0 Å². The first-order chi connectivity index (χ1) is 12.9. The van der Waals surface area contributed by atoms with Gasteiger partial charge < -0.3 is 10.1 Å². The Bertz CT molecular complexity index is 808. The molecule has 1 aliphatic rings. The summed E-state index contributed by atoms with van der Waals surface area (Å²) in [5.41, 5.74) is 2.45. The number of nitrogens with one attached hydrogen (secondary N) is 1. The molecule has 2 aromatic heterocycles. The maximum absolute atomic E-state index is 13.4. The summed E-state index contributed by atoms with van der Waals surface area (Å²) in [6.45, 7) is 6.30. The zero-order valence-corrected chi connectivity index (χ0v) is 15.9. The fourth-order valence-electron chi connectivity index (χ4n) is 3.15. The number of alkyl halides is 2. The molecule has 0 amide bonds. The highest BCUT2D eigenvalue weighted by Gasteiger charge is 2.35. The topological polar surface area (TPSA) is 64.9 Å². The van der Waals surface area contributed by atoms with Gasteiger partial charge in [-0.3, -0.25) is 0 Å². The van der Waals surface area contributed by atoms with Gasteiger partial charge in [0.15, 0.2) is 0 Å². The summed E-state index contributed by atoms with van der Waals surface area (Å²) in [6, 6.07) is 3.70. The predicted molar refractivity (Wildman–Crippen MR) is 100 cm³/mol. The van der Waals surface area contributed by atoms with E-state index in [-0.39, 0.29) is 18.9 Å². The lowest BCUT2D eigenvalue weighted by Gasteiger charge is -2.29. The van der Waals surface area contributed by atoms with Crippen molar-refractivity contribution in [3.63, 3.8) is 0 Å². The molecule has 0 bridgehead atoms. The smallest absolute Gasteiger partial charge is 0.253 e. The molecule has 6 nitrogen and oxygen atoms in total. The summed E-state index contributed by atoms with van der Waals surface area (Å²) in [6.07, 6.45) is 3.96. The van der Waals surface area contributed by atoms with Gasteiger partial charge in [0, 0.05) is 30.6 Å². The fourth-order valence-corrected chi connectivity index (χ4v) is 3.15. The SMILES string of the molecule is CCO/C=C/c1cc(NC2CCC(F)(F)CC2)nc(-n2nc(C)cc2C)n1. The summed E-state index contributed by atoms with van der Waals surface area (Å²) in [4.78, 5) is 9.08. The summed E-state index contributed by atoms with van der Waals surface area (Å²) in [5.74, 6) is -1.52. The Balaban J connectivity index is 1.87. The fraction of sp³-hybridized carbons (Fsp3) is 0.526. The number of aromatic nitrogens is 4. The van der Waals surface area contributed by atoms with Crippen LogP contribution in [0.4, 0.5) is 14.6 Å². The maximum atomic E-state index is 13.4. The van der Waals surface area contributed by atoms with E-state index >= 15 is 0 Å². The van der Waals surface area contributed by atoms with Crippen LogP contribution in [0.15, 0.2) is 18.4 Å². The molecule has 0 atom stereocenters. The molecule has 8 heteroatoms. The van der Waals surface area contributed by atoms with E-state index in [0.29, 0.717) is 36.9 Å². The van der Waals surface area contributed by atoms with E-state index in [4.69, 9.17) is 4.74 Å². The average molecular weight is 377 g/mol. The highest BCUT2D eigenvalue weighted by Crippen LogP contribution is 2.34. The molecule has 0 radical (unpaired) electrons. The predicted octanol–water partition coefficient (Wildman–Crippen LogP) is 4.28. The van der Waals surface area contributed by atoms with Crippen molar-refractivity contribution < 1.29 is 13.5 Å². The molecule has 2 heterocycles. The maximum Gasteiger partial charge on any atom is 0.253 e. The zero-order valence-electron chi connectivity index (χ0n) is 15.9. The van der Waals surface area contributed by atoms with Crippen LogP contribution in [0.5, 0.6) is 0 Å². The van der Waals surface area contributed by atoms with E-state index in [0.717, 1.165) is 11.4 Å². The highest BCUT2D eigenvalue weighted by molar-refractivity contribution is 5.52. The third-order valence-electron chi connectivity index (χ3n) is 4.50. The van der Waals surface area contributed by atoms with Crippen molar-refractivity contribution in [2.24, 2.45) is 0 Å². The van der Waals surface area contributed by atoms with Crippen molar-refractivity contribution in [1.29, 1.82) is 0 Å². The van der Waals surface area contributed by atoms with Crippen molar-refractivity contribution in [2.45, 2.75) is 58.4 Å². The van der Waals surface area contributed by atoms with Crippen molar-refractivity contribution in [3.05, 3.63) is 35.5 Å². The number of ether oxygens (including phenoxy) is 1. The molecule has 1 fully saturated rings. The Morgan fingerprint density at radius 1 is 1.26 bits per heavy atom. The van der Waals surface area contributed by atoms with Gasteiger partial charge in [-0.25, -0.2) is 18.4 Å². The minimum absolute atomic E-state index is 0.0310. The third-order valence-corrected chi connectivity index (χ3v) is 4.50. The highest BCUT2D eigenvalue weighted by atomic mass is 19.3. The number of hydrogen-bond acceptors (Lipinski definition) is 5. The molecule has 0 aliphatic heterocycles. The van der Waals surface area contributed by atoms with Gasteiger partial charge in [-0.2, -0.15) is 10.1 Å². The van der Waals surface area contributed by atoms with Crippen LogP contribution in [0.25, 0.3) is 12.0 Å². The Morgan fingerprint density at radius 3 is 2.63 bits per heavy atom. The first-order valence-electron chi connectivity index (χ1n) is 9.21. The zero-order chi connectivity index (χ0) is 19.4. The number of nitrogens with zero attached hydrogens (tertiary/aromatic N) is 4. The molecule has 0 aromatic carbocycles. The first kappa shape index (κ1) is 19.3. The van der Waals surface area contributed by atoms with Crippen LogP contribution < -0.4 is 5.32 Å². The van der Waals surface area contributed by atoms with Crippen LogP contribution in [0.1, 0.15) is 49.7 Å². The monoisotopic (exact) mass is 377 g/mol. The Labute approximate surface area is 157 Å². The molecule has 0 spiro atoms. The van der Waals surface area contributed by atoms with E-state index in [2.05, 4.69) is 20.4 Å². The minimum atomic E-state index is -2.55. The van der Waals surface area contributed by atoms with Crippen molar-refractivity contribution in [2.75, 3.05) is 11.9 Å². The summed E-state index contributed by atoms with van der Waals surface area (Å²) < 4.78 is 33.7. The summed E-state index contributed by atoms with van der Waals surface area (Å²) in [5, 5.41) is 7.72. The quantitative estimate of drug-likeness (QED) is 0.762. The van der Waals surface area contributed by atoms with Gasteiger partial charge in [-0.15, -0.1) is 0 Å². The molecule has 1 aliphatic carbocycles. The molecule has 146 valence electrons. The standard InChI is InChI=1S/C19H25F2N5O/c1-4-27-10-7-16-12-17(22-15-5-8-19(20,21)9-6-15)24-18(23-16)26-14(3)11-13(2)25-26/h7,10-12,15H,4-6,8-9H2,1-3H3,(H,22,23,24)/b10-7+. The van der Waals surface area contributed by atoms with Crippen molar-refractivity contribution in [1.82, 2.24) is 19.7 Å². The molecular formula is C19H25F2N5O. The van der Waals surface area contributed by atoms with Crippen LogP contribution >= 0.6 is 0 Å². The molecule has 2 aromatic rings. The van der Waals surface area contributed by atoms with Gasteiger partial charge in [-0.05, 0) is 45.8 Å². The number of aryl methyl sites for hydroxylation is 2. The molecule has 3 rings (SSSR count). The molecule has 0 unspecified atom stereocenters. The first-order valence-corrected chi connectivity index (χ1v) is 9.21. The Hall–Kier alpha value is -2.51. The van der Waals surface area contributed by atoms with Gasteiger partial charge in [0.05, 0.1) is 24.3 Å². The second-order valence-corrected chi connectivity index (χ2v) is 6.85. The van der Waals surface area contributed by atoms with E-state index < -0.39 is 5.92 Å². The molecule has 1 N–H and O–H groups in total. The lowest BCUT2D eigenvalue weighted by molar-refractivity contribution is -0.0361. The van der Waals surface area contributed by atoms with E-state index in [9.17, 15) is 8.78 Å². The second kappa shape index (κ2) is 8.02. The van der Waals surface area contributed by atoms with Gasteiger partial charge in [0.2, 0.25) is 5.92 Å². The van der Waals surface area contributed by atoms with Gasteiger partial charge >= 0.3 is 0 Å². The summed E-state index contributed by atoms with van der Waals surface area (Å²) >= 11 is 0. The normalized spacial score (nSPS) is 17.4. The third kappa shape index (κ3) is 5.02. The van der Waals surface area contributed by atoms with Crippen LogP contribution in [0.3, 0.4) is 0 Å². The minimum Gasteiger partial charge on any atom is -0.501 e. The molecular weight excluding hydrogens is 352 g/mol. The number of halogens is 2. The Morgan fingerprint density at radius 2 is 2.00 bits per heavy atom. The lowest BCUT2D eigenvalue weighted by Crippen LogP contribution is -2.32. The van der Waals surface area contributed by atoms with E-state index in [1.54, 1.807) is 23.1 Å². The Kier molecular flexibility index (Phi) is 5.72. The van der Waals surface area contributed by atoms with E-state index in [1.165, 1.54) is 0 Å². The van der Waals surface area contributed by atoms with Gasteiger partial charge in [-0.1, -0.05) is 0 Å². The number of hydrogen-bond donors (Lipinski definition) is 1. The van der Waals surface area contributed by atoms with Gasteiger partial charge in [0.1, 0.15) is 5.82 Å². The number of anilines is 1.